The van der Waals surface area contributed by atoms with Crippen molar-refractivity contribution in [1.29, 1.82) is 0 Å². The van der Waals surface area contributed by atoms with Gasteiger partial charge >= 0.3 is 0 Å². The summed E-state index contributed by atoms with van der Waals surface area (Å²) in [6.07, 6.45) is 2.57. The summed E-state index contributed by atoms with van der Waals surface area (Å²) < 4.78 is 2.93. The van der Waals surface area contributed by atoms with Gasteiger partial charge < -0.3 is 5.32 Å². The van der Waals surface area contributed by atoms with Gasteiger partial charge in [0, 0.05) is 23.6 Å². The number of nitrogens with zero attached hydrogens (tertiary/aromatic N) is 3. The third-order valence-corrected chi connectivity index (χ3v) is 4.27. The van der Waals surface area contributed by atoms with E-state index in [-0.39, 0.29) is 6.04 Å². The number of aromatic nitrogens is 3. The monoisotopic (exact) mass is 356 g/mol. The highest BCUT2D eigenvalue weighted by molar-refractivity contribution is 9.10. The zero-order valence-corrected chi connectivity index (χ0v) is 14.2. The van der Waals surface area contributed by atoms with Crippen molar-refractivity contribution in [2.45, 2.75) is 32.9 Å². The summed E-state index contributed by atoms with van der Waals surface area (Å²) in [4.78, 5) is 4.46. The maximum Gasteiger partial charge on any atom is 0.0847 e. The maximum absolute atomic E-state index is 6.37. The van der Waals surface area contributed by atoms with Gasteiger partial charge in [-0.05, 0) is 49.0 Å². The van der Waals surface area contributed by atoms with Crippen LogP contribution in [0.2, 0.25) is 5.02 Å². The smallest absolute Gasteiger partial charge is 0.0847 e. The third-order valence-electron chi connectivity index (χ3n) is 3.31. The Morgan fingerprint density at radius 2 is 2.20 bits per heavy atom. The number of pyridine rings is 1. The average molecular weight is 358 g/mol. The normalized spacial score (nSPS) is 12.7. The van der Waals surface area contributed by atoms with Crippen molar-refractivity contribution in [3.8, 4) is 0 Å². The van der Waals surface area contributed by atoms with Gasteiger partial charge in [-0.15, -0.1) is 0 Å². The minimum absolute atomic E-state index is 0.113. The lowest BCUT2D eigenvalue weighted by atomic mass is 10.1. The van der Waals surface area contributed by atoms with Crippen molar-refractivity contribution in [3.63, 3.8) is 0 Å². The third kappa shape index (κ3) is 3.22. The first-order valence-corrected chi connectivity index (χ1v) is 7.74. The highest BCUT2D eigenvalue weighted by Crippen LogP contribution is 2.25. The second-order valence-electron chi connectivity index (χ2n) is 4.61. The summed E-state index contributed by atoms with van der Waals surface area (Å²) in [6, 6.07) is 4.12. The summed E-state index contributed by atoms with van der Waals surface area (Å²) >= 11 is 9.77. The lowest BCUT2D eigenvalue weighted by Gasteiger charge is -2.16. The van der Waals surface area contributed by atoms with Crippen molar-refractivity contribution in [3.05, 3.63) is 44.9 Å². The van der Waals surface area contributed by atoms with E-state index < -0.39 is 0 Å². The van der Waals surface area contributed by atoms with E-state index in [1.165, 1.54) is 0 Å². The molecule has 1 N–H and O–H groups in total. The number of hydrogen-bond acceptors (Lipinski definition) is 3. The van der Waals surface area contributed by atoms with Crippen LogP contribution in [0.4, 0.5) is 0 Å². The Bertz CT molecular complexity index is 580. The second-order valence-corrected chi connectivity index (χ2v) is 5.90. The van der Waals surface area contributed by atoms with Gasteiger partial charge in [0.25, 0.3) is 0 Å². The van der Waals surface area contributed by atoms with Crippen LogP contribution in [-0.4, -0.2) is 21.8 Å². The number of halogens is 2. The quantitative estimate of drug-likeness (QED) is 0.890. The largest absolute Gasteiger partial charge is 0.311 e. The fraction of sp³-hybridized carbons (Fsp3) is 0.429. The highest BCUT2D eigenvalue weighted by Gasteiger charge is 2.19. The van der Waals surface area contributed by atoms with Gasteiger partial charge in [-0.2, -0.15) is 5.10 Å². The molecular weight excluding hydrogens is 340 g/mol. The Kier molecular flexibility index (Phi) is 5.18. The molecule has 0 saturated carbocycles. The standard InChI is InChI=1S/C14H18BrClN4/c1-4-20-13(14(16)9(2)19-20)7-12(17-3)11-6-5-10(15)8-18-11/h5-6,8,12,17H,4,7H2,1-3H3. The van der Waals surface area contributed by atoms with Crippen LogP contribution in [0.1, 0.15) is 30.0 Å². The van der Waals surface area contributed by atoms with E-state index in [2.05, 4.69) is 38.3 Å². The molecule has 20 heavy (non-hydrogen) atoms. The SMILES string of the molecule is CCn1nc(C)c(Cl)c1CC(NC)c1ccc(Br)cn1. The fourth-order valence-electron chi connectivity index (χ4n) is 2.21. The zero-order chi connectivity index (χ0) is 14.7. The lowest BCUT2D eigenvalue weighted by molar-refractivity contribution is 0.531. The number of rotatable bonds is 5. The maximum atomic E-state index is 6.37. The van der Waals surface area contributed by atoms with Gasteiger partial charge in [-0.25, -0.2) is 0 Å². The Morgan fingerprint density at radius 1 is 1.45 bits per heavy atom. The molecule has 0 bridgehead atoms. The first-order chi connectivity index (χ1) is 9.56. The van der Waals surface area contributed by atoms with Crippen LogP contribution in [0.25, 0.3) is 0 Å². The van der Waals surface area contributed by atoms with Gasteiger partial charge in [-0.3, -0.25) is 9.67 Å². The molecule has 0 aliphatic rings. The van der Waals surface area contributed by atoms with Crippen LogP contribution in [0.15, 0.2) is 22.8 Å². The number of aryl methyl sites for hydroxylation is 2. The molecule has 4 nitrogen and oxygen atoms in total. The summed E-state index contributed by atoms with van der Waals surface area (Å²) in [5, 5.41) is 8.50. The molecule has 0 spiro atoms. The molecule has 0 fully saturated rings. The molecule has 0 aromatic carbocycles. The molecule has 0 radical (unpaired) electrons. The van der Waals surface area contributed by atoms with Gasteiger partial charge in [0.1, 0.15) is 0 Å². The van der Waals surface area contributed by atoms with Gasteiger partial charge in [0.05, 0.1) is 28.1 Å². The zero-order valence-electron chi connectivity index (χ0n) is 11.8. The van der Waals surface area contributed by atoms with Crippen LogP contribution >= 0.6 is 27.5 Å². The van der Waals surface area contributed by atoms with Crippen LogP contribution in [0, 0.1) is 6.92 Å². The molecule has 0 saturated heterocycles. The summed E-state index contributed by atoms with van der Waals surface area (Å²) in [6.45, 7) is 4.82. The summed E-state index contributed by atoms with van der Waals surface area (Å²) in [5.74, 6) is 0. The van der Waals surface area contributed by atoms with Crippen molar-refractivity contribution in [1.82, 2.24) is 20.1 Å². The van der Waals surface area contributed by atoms with Gasteiger partial charge in [-0.1, -0.05) is 11.6 Å². The predicted molar refractivity (Wildman–Crippen MR) is 85.1 cm³/mol. The molecule has 0 aliphatic carbocycles. The molecule has 0 amide bonds. The molecule has 1 atom stereocenters. The molecule has 1 unspecified atom stereocenters. The van der Waals surface area contributed by atoms with E-state index in [9.17, 15) is 0 Å². The number of nitrogens with one attached hydrogen (secondary N) is 1. The van der Waals surface area contributed by atoms with Crippen LogP contribution in [0.3, 0.4) is 0 Å². The Morgan fingerprint density at radius 3 is 2.75 bits per heavy atom. The van der Waals surface area contributed by atoms with Crippen molar-refractivity contribution in [2.24, 2.45) is 0 Å². The van der Waals surface area contributed by atoms with E-state index in [1.807, 2.05) is 37.0 Å². The molecule has 6 heteroatoms. The number of hydrogen-bond donors (Lipinski definition) is 1. The van der Waals surface area contributed by atoms with Crippen LogP contribution in [-0.2, 0) is 13.0 Å². The number of likely N-dealkylation sites (N-methyl/N-ethyl adjacent to an activating group) is 1. The minimum Gasteiger partial charge on any atom is -0.311 e. The first kappa shape index (κ1) is 15.5. The van der Waals surface area contributed by atoms with Crippen LogP contribution in [0.5, 0.6) is 0 Å². The van der Waals surface area contributed by atoms with E-state index in [1.54, 1.807) is 0 Å². The Balaban J connectivity index is 2.28. The van der Waals surface area contributed by atoms with Gasteiger partial charge in [0.15, 0.2) is 0 Å². The topological polar surface area (TPSA) is 42.7 Å². The first-order valence-electron chi connectivity index (χ1n) is 6.57. The molecule has 2 aromatic heterocycles. The molecule has 108 valence electrons. The van der Waals surface area contributed by atoms with Crippen molar-refractivity contribution < 1.29 is 0 Å². The molecular formula is C14H18BrClN4. The fourth-order valence-corrected chi connectivity index (χ4v) is 2.65. The Hall–Kier alpha value is -0.910. The average Bonchev–Trinajstić information content (AvgIpc) is 2.73. The van der Waals surface area contributed by atoms with Gasteiger partial charge in [0.2, 0.25) is 0 Å². The Labute approximate surface area is 132 Å². The molecule has 2 rings (SSSR count). The molecule has 2 aromatic rings. The predicted octanol–water partition coefficient (Wildman–Crippen LogP) is 3.53. The van der Waals surface area contributed by atoms with Crippen molar-refractivity contribution >= 4 is 27.5 Å². The lowest BCUT2D eigenvalue weighted by Crippen LogP contribution is -2.21. The second kappa shape index (κ2) is 6.70. The van der Waals surface area contributed by atoms with E-state index in [4.69, 9.17) is 11.6 Å². The summed E-state index contributed by atoms with van der Waals surface area (Å²) in [7, 11) is 1.93. The molecule has 2 heterocycles. The highest BCUT2D eigenvalue weighted by atomic mass is 79.9. The minimum atomic E-state index is 0.113. The molecule has 0 aliphatic heterocycles. The summed E-state index contributed by atoms with van der Waals surface area (Å²) in [5.41, 5.74) is 2.92. The van der Waals surface area contributed by atoms with E-state index in [0.29, 0.717) is 0 Å². The van der Waals surface area contributed by atoms with Crippen LogP contribution < -0.4 is 5.32 Å². The van der Waals surface area contributed by atoms with E-state index in [0.717, 1.165) is 39.5 Å². The van der Waals surface area contributed by atoms with Crippen molar-refractivity contribution in [2.75, 3.05) is 7.05 Å². The van der Waals surface area contributed by atoms with E-state index >= 15 is 0 Å².